The molecule has 0 aromatic heterocycles. The minimum atomic E-state index is -4.29. The van der Waals surface area contributed by atoms with Crippen LogP contribution in [0.4, 0.5) is 17.6 Å². The SMILES string of the molecule is CC1=N[C@](C)(c2ccccc2F)[C@@H](F)[C@@H](C(F)(F)C(O)O)O1. The second-order valence-electron chi connectivity index (χ2n) is 5.25. The number of halogens is 4. The molecule has 1 aromatic carbocycles. The Morgan fingerprint density at radius 2 is 1.91 bits per heavy atom. The Morgan fingerprint density at radius 3 is 2.45 bits per heavy atom. The van der Waals surface area contributed by atoms with Crippen molar-refractivity contribution < 1.29 is 32.5 Å². The van der Waals surface area contributed by atoms with Crippen LogP contribution < -0.4 is 0 Å². The minimum Gasteiger partial charge on any atom is -0.468 e. The van der Waals surface area contributed by atoms with Gasteiger partial charge in [-0.3, -0.25) is 0 Å². The van der Waals surface area contributed by atoms with E-state index in [1.807, 2.05) is 0 Å². The van der Waals surface area contributed by atoms with Gasteiger partial charge < -0.3 is 14.9 Å². The van der Waals surface area contributed by atoms with Gasteiger partial charge in [0.2, 0.25) is 12.4 Å². The molecule has 0 saturated heterocycles. The van der Waals surface area contributed by atoms with Gasteiger partial charge in [-0.1, -0.05) is 18.2 Å². The average Bonchev–Trinajstić information content (AvgIpc) is 2.42. The number of aliphatic hydroxyl groups is 2. The van der Waals surface area contributed by atoms with Gasteiger partial charge in [0, 0.05) is 12.5 Å². The highest BCUT2D eigenvalue weighted by atomic mass is 19.3. The fraction of sp³-hybridized carbons (Fsp3) is 0.500. The Morgan fingerprint density at radius 1 is 1.32 bits per heavy atom. The molecule has 0 radical (unpaired) electrons. The molecule has 1 heterocycles. The maximum Gasteiger partial charge on any atom is 0.336 e. The van der Waals surface area contributed by atoms with E-state index in [0.717, 1.165) is 13.0 Å². The summed E-state index contributed by atoms with van der Waals surface area (Å²) < 4.78 is 60.9. The van der Waals surface area contributed by atoms with Crippen molar-refractivity contribution >= 4 is 5.90 Å². The normalized spacial score (nSPS) is 29.2. The average molecular weight is 321 g/mol. The molecule has 4 nitrogen and oxygen atoms in total. The van der Waals surface area contributed by atoms with Crippen molar-refractivity contribution in [2.75, 3.05) is 0 Å². The van der Waals surface area contributed by atoms with Crippen molar-refractivity contribution in [2.24, 2.45) is 4.99 Å². The quantitative estimate of drug-likeness (QED) is 0.662. The molecule has 1 aromatic rings. The Bertz CT molecular complexity index is 593. The van der Waals surface area contributed by atoms with Crippen molar-refractivity contribution in [1.82, 2.24) is 0 Å². The first-order valence-corrected chi connectivity index (χ1v) is 6.47. The number of rotatable bonds is 3. The molecule has 0 fully saturated rings. The molecule has 122 valence electrons. The largest absolute Gasteiger partial charge is 0.468 e. The van der Waals surface area contributed by atoms with E-state index in [-0.39, 0.29) is 11.5 Å². The summed E-state index contributed by atoms with van der Waals surface area (Å²) in [6.45, 7) is 2.35. The first-order valence-electron chi connectivity index (χ1n) is 6.47. The lowest BCUT2D eigenvalue weighted by Gasteiger charge is -2.41. The van der Waals surface area contributed by atoms with Crippen LogP contribution in [0.15, 0.2) is 29.3 Å². The van der Waals surface area contributed by atoms with Gasteiger partial charge in [-0.05, 0) is 13.0 Å². The van der Waals surface area contributed by atoms with E-state index in [2.05, 4.69) is 9.73 Å². The van der Waals surface area contributed by atoms with Crippen LogP contribution in [0.2, 0.25) is 0 Å². The highest BCUT2D eigenvalue weighted by Crippen LogP contribution is 2.43. The predicted octanol–water partition coefficient (Wildman–Crippen LogP) is 2.14. The number of aliphatic hydroxyl groups excluding tert-OH is 1. The van der Waals surface area contributed by atoms with Crippen LogP contribution in [0.25, 0.3) is 0 Å². The highest BCUT2D eigenvalue weighted by molar-refractivity contribution is 5.75. The van der Waals surface area contributed by atoms with E-state index in [0.29, 0.717) is 0 Å². The maximum absolute atomic E-state index is 14.7. The van der Waals surface area contributed by atoms with E-state index in [4.69, 9.17) is 10.2 Å². The van der Waals surface area contributed by atoms with Crippen molar-refractivity contribution in [3.8, 4) is 0 Å². The second kappa shape index (κ2) is 5.51. The van der Waals surface area contributed by atoms with Crippen LogP contribution in [-0.2, 0) is 10.3 Å². The van der Waals surface area contributed by atoms with Crippen molar-refractivity contribution in [3.05, 3.63) is 35.6 Å². The number of nitrogens with zero attached hydrogens (tertiary/aromatic N) is 1. The summed E-state index contributed by atoms with van der Waals surface area (Å²) in [5.74, 6) is -5.40. The van der Waals surface area contributed by atoms with Crippen LogP contribution >= 0.6 is 0 Å². The molecule has 1 aliphatic heterocycles. The monoisotopic (exact) mass is 321 g/mol. The van der Waals surface area contributed by atoms with Crippen LogP contribution in [0, 0.1) is 5.82 Å². The van der Waals surface area contributed by atoms with Crippen LogP contribution in [0.1, 0.15) is 19.4 Å². The lowest BCUT2D eigenvalue weighted by atomic mass is 9.82. The van der Waals surface area contributed by atoms with Gasteiger partial charge in [-0.25, -0.2) is 13.8 Å². The van der Waals surface area contributed by atoms with Gasteiger partial charge in [0.1, 0.15) is 11.4 Å². The standard InChI is InChI=1S/C14H15F4NO3/c1-7-19-13(2,8-5-3-4-6-9(8)15)10(16)11(22-7)14(17,18)12(20)21/h3-6,10-12,20-21H,1-2H3/t10-,11-,13+/m0/s1. The highest BCUT2D eigenvalue weighted by Gasteiger charge is 2.60. The third-order valence-electron chi connectivity index (χ3n) is 3.63. The Hall–Kier alpha value is -1.67. The first-order chi connectivity index (χ1) is 10.1. The number of hydrogen-bond acceptors (Lipinski definition) is 4. The predicted molar refractivity (Wildman–Crippen MR) is 69.8 cm³/mol. The smallest absolute Gasteiger partial charge is 0.336 e. The fourth-order valence-corrected chi connectivity index (χ4v) is 2.45. The van der Waals surface area contributed by atoms with Crippen molar-refractivity contribution in [2.45, 2.75) is 43.9 Å². The summed E-state index contributed by atoms with van der Waals surface area (Å²) >= 11 is 0. The van der Waals surface area contributed by atoms with Gasteiger partial charge in [0.15, 0.2) is 12.1 Å². The summed E-state index contributed by atoms with van der Waals surface area (Å²) in [7, 11) is 0. The van der Waals surface area contributed by atoms with Gasteiger partial charge >= 0.3 is 5.92 Å². The summed E-state index contributed by atoms with van der Waals surface area (Å²) in [5.41, 5.74) is -2.20. The molecule has 2 rings (SSSR count). The lowest BCUT2D eigenvalue weighted by Crippen LogP contribution is -2.58. The first kappa shape index (κ1) is 16.7. The van der Waals surface area contributed by atoms with E-state index in [1.54, 1.807) is 0 Å². The zero-order valence-electron chi connectivity index (χ0n) is 11.8. The van der Waals surface area contributed by atoms with Crippen molar-refractivity contribution in [3.63, 3.8) is 0 Å². The topological polar surface area (TPSA) is 62.1 Å². The zero-order chi connectivity index (χ0) is 16.7. The van der Waals surface area contributed by atoms with Crippen LogP contribution in [0.5, 0.6) is 0 Å². The van der Waals surface area contributed by atoms with Gasteiger partial charge in [-0.2, -0.15) is 8.78 Å². The fourth-order valence-electron chi connectivity index (χ4n) is 2.45. The van der Waals surface area contributed by atoms with Crippen LogP contribution in [-0.4, -0.2) is 40.6 Å². The second-order valence-corrected chi connectivity index (χ2v) is 5.25. The summed E-state index contributed by atoms with van der Waals surface area (Å²) in [6.07, 6.45) is -8.12. The molecule has 22 heavy (non-hydrogen) atoms. The van der Waals surface area contributed by atoms with Gasteiger partial charge in [0.05, 0.1) is 0 Å². The Balaban J connectivity index is 2.53. The number of ether oxygens (including phenoxy) is 1. The number of hydrogen-bond donors (Lipinski definition) is 2. The molecular weight excluding hydrogens is 306 g/mol. The molecule has 1 aliphatic rings. The zero-order valence-corrected chi connectivity index (χ0v) is 11.8. The molecule has 0 saturated carbocycles. The molecule has 0 bridgehead atoms. The van der Waals surface area contributed by atoms with E-state index >= 15 is 0 Å². The van der Waals surface area contributed by atoms with E-state index in [1.165, 1.54) is 25.1 Å². The lowest BCUT2D eigenvalue weighted by molar-refractivity contribution is -0.262. The minimum absolute atomic E-state index is 0.224. The van der Waals surface area contributed by atoms with E-state index in [9.17, 15) is 17.6 Å². The molecule has 2 N–H and O–H groups in total. The van der Waals surface area contributed by atoms with Gasteiger partial charge in [0.25, 0.3) is 0 Å². The molecule has 0 aliphatic carbocycles. The Labute approximate surface area is 124 Å². The molecule has 0 amide bonds. The Kier molecular flexibility index (Phi) is 4.18. The maximum atomic E-state index is 14.7. The van der Waals surface area contributed by atoms with Gasteiger partial charge in [-0.15, -0.1) is 0 Å². The molecule has 3 atom stereocenters. The summed E-state index contributed by atoms with van der Waals surface area (Å²) in [4.78, 5) is 3.83. The third kappa shape index (κ3) is 2.56. The molecular formula is C14H15F4NO3. The molecule has 0 spiro atoms. The molecule has 0 unspecified atom stereocenters. The molecule has 8 heteroatoms. The third-order valence-corrected chi connectivity index (χ3v) is 3.63. The summed E-state index contributed by atoms with van der Waals surface area (Å²) in [5, 5.41) is 17.6. The summed E-state index contributed by atoms with van der Waals surface area (Å²) in [6, 6.07) is 5.08. The van der Waals surface area contributed by atoms with E-state index < -0.39 is 35.8 Å². The number of aliphatic imine (C=N–C) groups is 1. The number of benzene rings is 1. The van der Waals surface area contributed by atoms with Crippen molar-refractivity contribution in [1.29, 1.82) is 0 Å². The van der Waals surface area contributed by atoms with Crippen LogP contribution in [0.3, 0.4) is 0 Å². The number of alkyl halides is 3.